The first-order chi connectivity index (χ1) is 11.1. The van der Waals surface area contributed by atoms with E-state index in [0.29, 0.717) is 25.1 Å². The van der Waals surface area contributed by atoms with E-state index in [0.717, 1.165) is 13.1 Å². The molecule has 1 atom stereocenters. The molecule has 0 saturated carbocycles. The number of thiophene rings is 1. The summed E-state index contributed by atoms with van der Waals surface area (Å²) in [7, 11) is 1.58. The Morgan fingerprint density at radius 1 is 1.43 bits per heavy atom. The van der Waals surface area contributed by atoms with E-state index in [2.05, 4.69) is 46.0 Å². The molecule has 1 unspecified atom stereocenters. The Morgan fingerprint density at radius 3 is 2.74 bits per heavy atom. The van der Waals surface area contributed by atoms with Crippen LogP contribution in [0.3, 0.4) is 0 Å². The lowest BCUT2D eigenvalue weighted by Gasteiger charge is -2.29. The number of likely N-dealkylation sites (N-methyl/N-ethyl adjacent to an activating group) is 1. The van der Waals surface area contributed by atoms with Crippen molar-refractivity contribution in [1.82, 2.24) is 15.2 Å². The molecule has 7 heteroatoms. The van der Waals surface area contributed by atoms with Crippen LogP contribution in [-0.2, 0) is 9.59 Å². The Labute approximate surface area is 141 Å². The monoisotopic (exact) mass is 336 g/mol. The minimum atomic E-state index is -0.184. The lowest BCUT2D eigenvalue weighted by Crippen LogP contribution is -2.42. The van der Waals surface area contributed by atoms with E-state index in [9.17, 15) is 9.59 Å². The van der Waals surface area contributed by atoms with Crippen molar-refractivity contribution in [3.8, 4) is 0 Å². The Hall–Kier alpha value is -1.73. The largest absolute Gasteiger partial charge is 0.349 e. The average Bonchev–Trinajstić information content (AvgIpc) is 3.07. The Morgan fingerprint density at radius 2 is 2.17 bits per heavy atom. The molecule has 1 aromatic rings. The van der Waals surface area contributed by atoms with Gasteiger partial charge in [0, 0.05) is 26.4 Å². The number of rotatable bonds is 7. The van der Waals surface area contributed by atoms with Crippen LogP contribution in [0.2, 0.25) is 0 Å². The van der Waals surface area contributed by atoms with Crippen LogP contribution in [0.4, 0.5) is 0 Å². The van der Waals surface area contributed by atoms with Gasteiger partial charge < -0.3 is 5.32 Å². The van der Waals surface area contributed by atoms with Crippen LogP contribution in [0.5, 0.6) is 0 Å². The second-order valence-electron chi connectivity index (χ2n) is 5.47. The first-order valence-electron chi connectivity index (χ1n) is 7.95. The van der Waals surface area contributed by atoms with E-state index in [1.165, 1.54) is 10.6 Å². The van der Waals surface area contributed by atoms with Gasteiger partial charge in [-0.15, -0.1) is 0 Å². The van der Waals surface area contributed by atoms with Gasteiger partial charge in [0.1, 0.15) is 5.71 Å². The number of amides is 2. The second-order valence-corrected chi connectivity index (χ2v) is 6.25. The molecule has 0 radical (unpaired) electrons. The standard InChI is InChI=1S/C16H24N4O2S/c1-4-20(5-2)14(12-8-9-23-11-12)10-17-16(22)13-6-7-15(21)19(3)18-13/h8-9,11,14H,4-7,10H2,1-3H3,(H,17,22). The van der Waals surface area contributed by atoms with Crippen molar-refractivity contribution in [2.75, 3.05) is 26.7 Å². The summed E-state index contributed by atoms with van der Waals surface area (Å²) in [5.74, 6) is -0.238. The van der Waals surface area contributed by atoms with Crippen molar-refractivity contribution in [3.05, 3.63) is 22.4 Å². The molecule has 1 aliphatic heterocycles. The second kappa shape index (κ2) is 8.21. The molecule has 0 bridgehead atoms. The van der Waals surface area contributed by atoms with Crippen molar-refractivity contribution < 1.29 is 9.59 Å². The molecule has 2 rings (SSSR count). The van der Waals surface area contributed by atoms with Gasteiger partial charge >= 0.3 is 0 Å². The number of carbonyl (C=O) groups excluding carboxylic acids is 2. The number of hydrazone groups is 1. The zero-order valence-electron chi connectivity index (χ0n) is 13.9. The summed E-state index contributed by atoms with van der Waals surface area (Å²) in [5, 5.41) is 12.5. The van der Waals surface area contributed by atoms with Crippen molar-refractivity contribution in [1.29, 1.82) is 0 Å². The van der Waals surface area contributed by atoms with Gasteiger partial charge in [-0.1, -0.05) is 13.8 Å². The molecule has 1 N–H and O–H groups in total. The Kier molecular flexibility index (Phi) is 6.29. The van der Waals surface area contributed by atoms with Crippen molar-refractivity contribution in [2.45, 2.75) is 32.7 Å². The first kappa shape index (κ1) is 17.6. The molecule has 0 fully saturated rings. The Bertz CT molecular complexity index is 567. The van der Waals surface area contributed by atoms with E-state index >= 15 is 0 Å². The molecule has 0 spiro atoms. The van der Waals surface area contributed by atoms with Crippen LogP contribution in [0, 0.1) is 0 Å². The van der Waals surface area contributed by atoms with Crippen LogP contribution < -0.4 is 5.32 Å². The van der Waals surface area contributed by atoms with Crippen LogP contribution >= 0.6 is 11.3 Å². The smallest absolute Gasteiger partial charge is 0.267 e. The number of hydrogen-bond donors (Lipinski definition) is 1. The molecule has 1 aromatic heterocycles. The van der Waals surface area contributed by atoms with Crippen LogP contribution in [0.15, 0.2) is 21.9 Å². The highest BCUT2D eigenvalue weighted by Crippen LogP contribution is 2.22. The SMILES string of the molecule is CCN(CC)C(CNC(=O)C1=NN(C)C(=O)CC1)c1ccsc1. The quantitative estimate of drug-likeness (QED) is 0.826. The molecule has 0 aliphatic carbocycles. The highest BCUT2D eigenvalue weighted by molar-refractivity contribution is 7.07. The lowest BCUT2D eigenvalue weighted by molar-refractivity contribution is -0.130. The highest BCUT2D eigenvalue weighted by atomic mass is 32.1. The summed E-state index contributed by atoms with van der Waals surface area (Å²) in [5.41, 5.74) is 1.65. The van der Waals surface area contributed by atoms with Gasteiger partial charge in [0.25, 0.3) is 5.91 Å². The summed E-state index contributed by atoms with van der Waals surface area (Å²) in [6.07, 6.45) is 0.746. The number of nitrogens with one attached hydrogen (secondary N) is 1. The predicted octanol–water partition coefficient (Wildman–Crippen LogP) is 1.86. The summed E-state index contributed by atoms with van der Waals surface area (Å²) in [4.78, 5) is 26.1. The molecule has 6 nitrogen and oxygen atoms in total. The molecule has 23 heavy (non-hydrogen) atoms. The molecular formula is C16H24N4O2S. The molecule has 2 amide bonds. The van der Waals surface area contributed by atoms with Crippen molar-refractivity contribution >= 4 is 28.9 Å². The van der Waals surface area contributed by atoms with E-state index in [-0.39, 0.29) is 17.9 Å². The fourth-order valence-electron chi connectivity index (χ4n) is 2.71. The van der Waals surface area contributed by atoms with E-state index in [1.54, 1.807) is 18.4 Å². The van der Waals surface area contributed by atoms with Gasteiger partial charge in [-0.2, -0.15) is 16.4 Å². The topological polar surface area (TPSA) is 65.0 Å². The van der Waals surface area contributed by atoms with E-state index in [4.69, 9.17) is 0 Å². The zero-order chi connectivity index (χ0) is 16.8. The molecule has 2 heterocycles. The number of carbonyl (C=O) groups is 2. The van der Waals surface area contributed by atoms with Gasteiger partial charge in [0.05, 0.1) is 6.04 Å². The summed E-state index contributed by atoms with van der Waals surface area (Å²) in [6, 6.07) is 2.26. The van der Waals surface area contributed by atoms with E-state index < -0.39 is 0 Å². The predicted molar refractivity (Wildman–Crippen MR) is 92.4 cm³/mol. The Balaban J connectivity index is 2.02. The summed E-state index contributed by atoms with van der Waals surface area (Å²) >= 11 is 1.66. The van der Waals surface area contributed by atoms with Crippen molar-refractivity contribution in [2.24, 2.45) is 5.10 Å². The fraction of sp³-hybridized carbons (Fsp3) is 0.562. The number of nitrogens with zero attached hydrogens (tertiary/aromatic N) is 3. The fourth-order valence-corrected chi connectivity index (χ4v) is 3.42. The molecular weight excluding hydrogens is 312 g/mol. The molecule has 126 valence electrons. The average molecular weight is 336 g/mol. The van der Waals surface area contributed by atoms with E-state index in [1.807, 2.05) is 0 Å². The van der Waals surface area contributed by atoms with Gasteiger partial charge in [-0.05, 0) is 35.5 Å². The third-order valence-electron chi connectivity index (χ3n) is 4.11. The lowest BCUT2D eigenvalue weighted by atomic mass is 10.1. The maximum absolute atomic E-state index is 12.3. The third-order valence-corrected chi connectivity index (χ3v) is 4.81. The molecule has 0 saturated heterocycles. The minimum absolute atomic E-state index is 0.0548. The molecule has 0 aromatic carbocycles. The maximum Gasteiger partial charge on any atom is 0.267 e. The summed E-state index contributed by atoms with van der Waals surface area (Å²) in [6.45, 7) is 6.62. The first-order valence-corrected chi connectivity index (χ1v) is 8.89. The maximum atomic E-state index is 12.3. The summed E-state index contributed by atoms with van der Waals surface area (Å²) < 4.78 is 0. The normalized spacial score (nSPS) is 16.4. The van der Waals surface area contributed by atoms with Gasteiger partial charge in [0.2, 0.25) is 5.91 Å². The molecule has 1 aliphatic rings. The van der Waals surface area contributed by atoms with Crippen LogP contribution in [0.25, 0.3) is 0 Å². The highest BCUT2D eigenvalue weighted by Gasteiger charge is 2.24. The third kappa shape index (κ3) is 4.39. The van der Waals surface area contributed by atoms with Gasteiger partial charge in [0.15, 0.2) is 0 Å². The van der Waals surface area contributed by atoms with Crippen LogP contribution in [0.1, 0.15) is 38.3 Å². The van der Waals surface area contributed by atoms with Gasteiger partial charge in [-0.3, -0.25) is 14.5 Å². The number of hydrogen-bond acceptors (Lipinski definition) is 5. The minimum Gasteiger partial charge on any atom is -0.349 e. The van der Waals surface area contributed by atoms with Crippen LogP contribution in [-0.4, -0.2) is 54.1 Å². The zero-order valence-corrected chi connectivity index (χ0v) is 14.7. The van der Waals surface area contributed by atoms with Crippen molar-refractivity contribution in [3.63, 3.8) is 0 Å². The van der Waals surface area contributed by atoms with Gasteiger partial charge in [-0.25, -0.2) is 5.01 Å².